The van der Waals surface area contributed by atoms with Crippen molar-refractivity contribution in [1.82, 2.24) is 9.97 Å². The molecule has 4 aromatic rings. The third-order valence-electron chi connectivity index (χ3n) is 4.29. The number of esters is 1. The van der Waals surface area contributed by atoms with Gasteiger partial charge in [0.2, 0.25) is 6.10 Å². The predicted molar refractivity (Wildman–Crippen MR) is 103 cm³/mol. The summed E-state index contributed by atoms with van der Waals surface area (Å²) in [6, 6.07) is 24.6. The zero-order valence-electron chi connectivity index (χ0n) is 14.8. The number of ether oxygens (including phenoxy) is 2. The molecule has 5 heteroatoms. The van der Waals surface area contributed by atoms with E-state index in [1.807, 2.05) is 78.9 Å². The number of nitrogens with zero attached hydrogens (tertiary/aromatic N) is 1. The maximum Gasteiger partial charge on any atom is 0.351 e. The monoisotopic (exact) mass is 358 g/mol. The van der Waals surface area contributed by atoms with Crippen LogP contribution in [0.2, 0.25) is 0 Å². The molecule has 0 saturated heterocycles. The molecule has 4 rings (SSSR count). The van der Waals surface area contributed by atoms with Crippen molar-refractivity contribution in [1.29, 1.82) is 0 Å². The molecule has 0 fully saturated rings. The third kappa shape index (κ3) is 3.53. The molecule has 1 unspecified atom stereocenters. The zero-order valence-corrected chi connectivity index (χ0v) is 14.8. The van der Waals surface area contributed by atoms with Gasteiger partial charge in [-0.1, -0.05) is 42.5 Å². The van der Waals surface area contributed by atoms with Gasteiger partial charge in [0.15, 0.2) is 0 Å². The highest BCUT2D eigenvalue weighted by Crippen LogP contribution is 2.26. The van der Waals surface area contributed by atoms with Gasteiger partial charge in [-0.05, 0) is 36.4 Å². The van der Waals surface area contributed by atoms with Crippen molar-refractivity contribution in [2.75, 3.05) is 7.11 Å². The summed E-state index contributed by atoms with van der Waals surface area (Å²) in [4.78, 5) is 20.0. The number of fused-ring (bicyclic) bond motifs is 1. The maximum absolute atomic E-state index is 12.1. The highest BCUT2D eigenvalue weighted by atomic mass is 16.6. The summed E-state index contributed by atoms with van der Waals surface area (Å²) in [5.74, 6) is 0.923. The van der Waals surface area contributed by atoms with Gasteiger partial charge in [-0.2, -0.15) is 0 Å². The van der Waals surface area contributed by atoms with Gasteiger partial charge >= 0.3 is 5.97 Å². The van der Waals surface area contributed by atoms with Crippen LogP contribution in [0.5, 0.6) is 5.75 Å². The number of H-pyrrole nitrogens is 1. The third-order valence-corrected chi connectivity index (χ3v) is 4.29. The summed E-state index contributed by atoms with van der Waals surface area (Å²) in [6.07, 6.45) is -0.812. The fraction of sp³-hybridized carbons (Fsp3) is 0.0909. The largest absolute Gasteiger partial charge is 0.474 e. The van der Waals surface area contributed by atoms with Crippen LogP contribution < -0.4 is 4.74 Å². The van der Waals surface area contributed by atoms with Gasteiger partial charge in [0, 0.05) is 11.1 Å². The number of methoxy groups -OCH3 is 1. The van der Waals surface area contributed by atoms with E-state index in [4.69, 9.17) is 9.47 Å². The van der Waals surface area contributed by atoms with E-state index >= 15 is 0 Å². The van der Waals surface area contributed by atoms with Gasteiger partial charge in [0.1, 0.15) is 11.6 Å². The van der Waals surface area contributed by atoms with Crippen LogP contribution in [0.15, 0.2) is 78.9 Å². The second-order valence-corrected chi connectivity index (χ2v) is 6.06. The number of hydrogen-bond acceptors (Lipinski definition) is 4. The molecule has 0 aliphatic heterocycles. The van der Waals surface area contributed by atoms with Crippen LogP contribution >= 0.6 is 0 Å². The average Bonchev–Trinajstić information content (AvgIpc) is 3.17. The number of aromatic amines is 1. The fourth-order valence-electron chi connectivity index (χ4n) is 2.90. The lowest BCUT2D eigenvalue weighted by Crippen LogP contribution is -2.20. The van der Waals surface area contributed by atoms with Crippen molar-refractivity contribution in [3.8, 4) is 17.1 Å². The average molecular weight is 358 g/mol. The van der Waals surface area contributed by atoms with Crippen molar-refractivity contribution in [3.05, 3.63) is 84.4 Å². The highest BCUT2D eigenvalue weighted by Gasteiger charge is 2.23. The maximum atomic E-state index is 12.1. The number of carbonyl (C=O) groups excluding carboxylic acids is 1. The number of benzene rings is 3. The lowest BCUT2D eigenvalue weighted by Gasteiger charge is -2.17. The Morgan fingerprint density at radius 1 is 0.926 bits per heavy atom. The standard InChI is InChI=1S/C22H18N2O3/c1-26-22(25)20(15-7-3-2-4-8-15)27-17-13-11-16(12-14-17)21-23-18-9-5-6-10-19(18)24-21/h2-14,20H,1H3,(H,23,24). The van der Waals surface area contributed by atoms with E-state index in [-0.39, 0.29) is 0 Å². The summed E-state index contributed by atoms with van der Waals surface area (Å²) in [6.45, 7) is 0. The topological polar surface area (TPSA) is 64.2 Å². The SMILES string of the molecule is COC(=O)C(Oc1ccc(-c2nc3ccccc3[nH]2)cc1)c1ccccc1. The molecule has 0 amide bonds. The van der Waals surface area contributed by atoms with Crippen LogP contribution in [0.1, 0.15) is 11.7 Å². The number of carbonyl (C=O) groups is 1. The lowest BCUT2D eigenvalue weighted by atomic mass is 10.1. The Labute approximate surface area is 156 Å². The van der Waals surface area contributed by atoms with Crippen molar-refractivity contribution in [2.45, 2.75) is 6.10 Å². The second-order valence-electron chi connectivity index (χ2n) is 6.06. The van der Waals surface area contributed by atoms with Crippen LogP contribution in [-0.4, -0.2) is 23.0 Å². The van der Waals surface area contributed by atoms with Crippen molar-refractivity contribution < 1.29 is 14.3 Å². The molecule has 1 aromatic heterocycles. The smallest absolute Gasteiger partial charge is 0.351 e. The first-order valence-electron chi connectivity index (χ1n) is 8.59. The minimum atomic E-state index is -0.812. The normalized spacial score (nSPS) is 11.9. The molecule has 0 bridgehead atoms. The number of imidazole rings is 1. The summed E-state index contributed by atoms with van der Waals surface area (Å²) in [7, 11) is 1.35. The van der Waals surface area contributed by atoms with Crippen molar-refractivity contribution >= 4 is 17.0 Å². The fourth-order valence-corrected chi connectivity index (χ4v) is 2.90. The number of para-hydroxylation sites is 2. The summed E-state index contributed by atoms with van der Waals surface area (Å²) < 4.78 is 10.8. The molecule has 0 radical (unpaired) electrons. The minimum absolute atomic E-state index is 0.442. The van der Waals surface area contributed by atoms with Crippen LogP contribution in [0.4, 0.5) is 0 Å². The second kappa shape index (κ2) is 7.33. The van der Waals surface area contributed by atoms with E-state index < -0.39 is 12.1 Å². The minimum Gasteiger partial charge on any atom is -0.474 e. The Hall–Kier alpha value is -3.60. The Bertz CT molecular complexity index is 1020. The van der Waals surface area contributed by atoms with E-state index in [1.165, 1.54) is 7.11 Å². The molecule has 1 atom stereocenters. The van der Waals surface area contributed by atoms with Crippen LogP contribution in [0.25, 0.3) is 22.4 Å². The predicted octanol–water partition coefficient (Wildman–Crippen LogP) is 4.52. The van der Waals surface area contributed by atoms with E-state index in [0.29, 0.717) is 5.75 Å². The molecule has 27 heavy (non-hydrogen) atoms. The molecular weight excluding hydrogens is 340 g/mol. The summed E-state index contributed by atoms with van der Waals surface area (Å²) in [5.41, 5.74) is 3.59. The van der Waals surface area contributed by atoms with Crippen LogP contribution in [0.3, 0.4) is 0 Å². The van der Waals surface area contributed by atoms with Gasteiger partial charge in [-0.25, -0.2) is 9.78 Å². The van der Waals surface area contributed by atoms with Gasteiger partial charge in [0.25, 0.3) is 0 Å². The Morgan fingerprint density at radius 2 is 1.63 bits per heavy atom. The molecule has 0 saturated carbocycles. The molecule has 5 nitrogen and oxygen atoms in total. The Balaban J connectivity index is 1.58. The van der Waals surface area contributed by atoms with Gasteiger partial charge in [0.05, 0.1) is 18.1 Å². The van der Waals surface area contributed by atoms with Crippen LogP contribution in [-0.2, 0) is 9.53 Å². The first kappa shape index (κ1) is 16.8. The first-order chi connectivity index (χ1) is 13.2. The van der Waals surface area contributed by atoms with E-state index in [0.717, 1.165) is 28.0 Å². The summed E-state index contributed by atoms with van der Waals surface area (Å²) in [5, 5.41) is 0. The number of hydrogen-bond donors (Lipinski definition) is 1. The number of rotatable bonds is 5. The molecule has 1 heterocycles. The van der Waals surface area contributed by atoms with Gasteiger partial charge in [-0.15, -0.1) is 0 Å². The number of aromatic nitrogens is 2. The molecule has 0 aliphatic carbocycles. The molecule has 3 aromatic carbocycles. The molecular formula is C22H18N2O3. The van der Waals surface area contributed by atoms with Crippen LogP contribution in [0, 0.1) is 0 Å². The van der Waals surface area contributed by atoms with E-state index in [1.54, 1.807) is 0 Å². The molecule has 1 N–H and O–H groups in total. The van der Waals surface area contributed by atoms with Crippen molar-refractivity contribution in [3.63, 3.8) is 0 Å². The van der Waals surface area contributed by atoms with E-state index in [9.17, 15) is 4.79 Å². The number of nitrogens with one attached hydrogen (secondary N) is 1. The zero-order chi connectivity index (χ0) is 18.6. The molecule has 0 spiro atoms. The van der Waals surface area contributed by atoms with Crippen molar-refractivity contribution in [2.24, 2.45) is 0 Å². The molecule has 0 aliphatic rings. The first-order valence-corrected chi connectivity index (χ1v) is 8.59. The highest BCUT2D eigenvalue weighted by molar-refractivity contribution is 5.79. The molecule has 134 valence electrons. The Morgan fingerprint density at radius 3 is 2.33 bits per heavy atom. The lowest BCUT2D eigenvalue weighted by molar-refractivity contribution is -0.149. The quantitative estimate of drug-likeness (QED) is 0.533. The van der Waals surface area contributed by atoms with E-state index in [2.05, 4.69) is 9.97 Å². The van der Waals surface area contributed by atoms with Gasteiger partial charge in [-0.3, -0.25) is 0 Å². The van der Waals surface area contributed by atoms with Gasteiger partial charge < -0.3 is 14.5 Å². The Kier molecular flexibility index (Phi) is 4.58. The summed E-state index contributed by atoms with van der Waals surface area (Å²) >= 11 is 0.